The maximum Gasteiger partial charge on any atom is 0.252 e. The van der Waals surface area contributed by atoms with Crippen molar-refractivity contribution in [1.29, 1.82) is 0 Å². The first-order valence-corrected chi connectivity index (χ1v) is 13.0. The topological polar surface area (TPSA) is 40.6 Å². The third kappa shape index (κ3) is 4.08. The molecule has 2 heterocycles. The summed E-state index contributed by atoms with van der Waals surface area (Å²) in [5, 5.41) is 0.313. The Labute approximate surface area is 176 Å². The predicted molar refractivity (Wildman–Crippen MR) is 112 cm³/mol. The second kappa shape index (κ2) is 8.11. The van der Waals surface area contributed by atoms with Crippen molar-refractivity contribution in [1.82, 2.24) is 9.21 Å². The van der Waals surface area contributed by atoms with E-state index in [4.69, 9.17) is 23.2 Å². The van der Waals surface area contributed by atoms with Gasteiger partial charge in [-0.3, -0.25) is 0 Å². The highest BCUT2D eigenvalue weighted by atomic mass is 35.5. The highest BCUT2D eigenvalue weighted by Crippen LogP contribution is 2.40. The van der Waals surface area contributed by atoms with Gasteiger partial charge in [-0.05, 0) is 56.6 Å². The summed E-state index contributed by atoms with van der Waals surface area (Å²) in [5.74, 6) is 1.80. The van der Waals surface area contributed by atoms with Gasteiger partial charge in [-0.15, -0.1) is 11.3 Å². The third-order valence-corrected chi connectivity index (χ3v) is 11.2. The van der Waals surface area contributed by atoms with Crippen LogP contribution in [-0.4, -0.2) is 49.8 Å². The minimum Gasteiger partial charge on any atom is -0.300 e. The van der Waals surface area contributed by atoms with Gasteiger partial charge in [-0.25, -0.2) is 8.42 Å². The molecular weight excluding hydrogens is 423 g/mol. The molecule has 8 heteroatoms. The first kappa shape index (κ1) is 20.4. The molecule has 1 aliphatic heterocycles. The largest absolute Gasteiger partial charge is 0.300 e. The summed E-state index contributed by atoms with van der Waals surface area (Å²) in [6.45, 7) is 2.40. The molecule has 1 aromatic rings. The molecule has 152 valence electrons. The Hall–Kier alpha value is 0.150. The van der Waals surface area contributed by atoms with E-state index in [1.807, 2.05) is 0 Å². The molecular formula is C19H28Cl2N2O2S2. The van der Waals surface area contributed by atoms with Crippen LogP contribution < -0.4 is 0 Å². The smallest absolute Gasteiger partial charge is 0.252 e. The zero-order valence-corrected chi connectivity index (χ0v) is 18.9. The fourth-order valence-corrected chi connectivity index (χ4v) is 8.81. The molecule has 1 saturated heterocycles. The van der Waals surface area contributed by atoms with Crippen LogP contribution in [-0.2, 0) is 10.0 Å². The first-order valence-electron chi connectivity index (χ1n) is 10.0. The van der Waals surface area contributed by atoms with Crippen molar-refractivity contribution < 1.29 is 8.42 Å². The second-order valence-corrected chi connectivity index (χ2v) is 12.7. The van der Waals surface area contributed by atoms with Crippen LogP contribution >= 0.6 is 34.5 Å². The molecule has 4 nitrogen and oxygen atoms in total. The summed E-state index contributed by atoms with van der Waals surface area (Å²) < 4.78 is 28.1. The normalized spacial score (nSPS) is 32.7. The lowest BCUT2D eigenvalue weighted by atomic mass is 9.75. The van der Waals surface area contributed by atoms with Crippen LogP contribution in [0, 0.1) is 11.8 Å². The molecule has 0 radical (unpaired) electrons. The molecule has 3 fully saturated rings. The van der Waals surface area contributed by atoms with Gasteiger partial charge >= 0.3 is 0 Å². The number of piperidine rings is 1. The van der Waals surface area contributed by atoms with E-state index in [2.05, 4.69) is 4.90 Å². The zero-order valence-electron chi connectivity index (χ0n) is 15.7. The van der Waals surface area contributed by atoms with Crippen LogP contribution in [0.3, 0.4) is 0 Å². The fourth-order valence-electron chi connectivity index (χ4n) is 5.35. The molecule has 0 bridgehead atoms. The van der Waals surface area contributed by atoms with E-state index in [0.717, 1.165) is 42.4 Å². The Morgan fingerprint density at radius 1 is 1.11 bits per heavy atom. The molecule has 4 atom stereocenters. The summed E-state index contributed by atoms with van der Waals surface area (Å²) in [4.78, 5) is 2.66. The standard InChI is InChI=1S/C19H28Cl2N2O2S2/c1-22(27(24,25)18-11-17(20)19(21)26-18)15-6-7-16(10-15)23-9-8-13-4-2-3-5-14(13)12-23/h11,13-16H,2-10,12H2,1H3/t13?,14?,15-,16+/m1/s1. The molecule has 2 saturated carbocycles. The lowest BCUT2D eigenvalue weighted by Gasteiger charge is -2.43. The van der Waals surface area contributed by atoms with E-state index in [1.54, 1.807) is 11.4 Å². The van der Waals surface area contributed by atoms with E-state index < -0.39 is 10.0 Å². The van der Waals surface area contributed by atoms with Crippen LogP contribution in [0.15, 0.2) is 10.3 Å². The minimum atomic E-state index is -3.53. The highest BCUT2D eigenvalue weighted by Gasteiger charge is 2.40. The summed E-state index contributed by atoms with van der Waals surface area (Å²) in [5.41, 5.74) is 0. The number of halogens is 2. The Morgan fingerprint density at radius 3 is 2.56 bits per heavy atom. The number of sulfonamides is 1. The maximum atomic E-state index is 13.0. The molecule has 0 amide bonds. The summed E-state index contributed by atoms with van der Waals surface area (Å²) in [6, 6.07) is 2.05. The summed E-state index contributed by atoms with van der Waals surface area (Å²) >= 11 is 13.0. The number of nitrogens with zero attached hydrogens (tertiary/aromatic N) is 2. The fraction of sp³-hybridized carbons (Fsp3) is 0.789. The number of likely N-dealkylation sites (tertiary alicyclic amines) is 1. The van der Waals surface area contributed by atoms with Crippen molar-refractivity contribution in [2.24, 2.45) is 11.8 Å². The van der Waals surface area contributed by atoms with Crippen molar-refractivity contribution in [2.75, 3.05) is 20.1 Å². The Morgan fingerprint density at radius 2 is 1.85 bits per heavy atom. The molecule has 0 N–H and O–H groups in total. The number of thiophene rings is 1. The van der Waals surface area contributed by atoms with Gasteiger partial charge in [0.25, 0.3) is 10.0 Å². The van der Waals surface area contributed by atoms with E-state index >= 15 is 0 Å². The van der Waals surface area contributed by atoms with Crippen molar-refractivity contribution in [3.63, 3.8) is 0 Å². The molecule has 2 aliphatic carbocycles. The Kier molecular flexibility index (Phi) is 6.14. The minimum absolute atomic E-state index is 0.0590. The molecule has 1 aromatic heterocycles. The van der Waals surface area contributed by atoms with Gasteiger partial charge in [-0.2, -0.15) is 4.31 Å². The van der Waals surface area contributed by atoms with Crippen molar-refractivity contribution in [3.05, 3.63) is 15.4 Å². The highest BCUT2D eigenvalue weighted by molar-refractivity contribution is 7.91. The van der Waals surface area contributed by atoms with Crippen LogP contribution in [0.5, 0.6) is 0 Å². The Bertz CT molecular complexity index is 763. The van der Waals surface area contributed by atoms with E-state index in [0.29, 0.717) is 15.4 Å². The van der Waals surface area contributed by atoms with Crippen molar-refractivity contribution >= 4 is 44.6 Å². The van der Waals surface area contributed by atoms with Gasteiger partial charge in [0.15, 0.2) is 0 Å². The van der Waals surface area contributed by atoms with Gasteiger partial charge in [0, 0.05) is 25.7 Å². The van der Waals surface area contributed by atoms with Gasteiger partial charge in [-0.1, -0.05) is 42.5 Å². The SMILES string of the molecule is CN([C@@H]1CC[C@H](N2CCC3CCCCC3C2)C1)S(=O)(=O)c1cc(Cl)c(Cl)s1. The lowest BCUT2D eigenvalue weighted by molar-refractivity contribution is 0.0571. The third-order valence-electron chi connectivity index (χ3n) is 6.99. The van der Waals surface area contributed by atoms with E-state index in [-0.39, 0.29) is 10.3 Å². The van der Waals surface area contributed by atoms with Crippen molar-refractivity contribution in [2.45, 2.75) is 67.7 Å². The number of fused-ring (bicyclic) bond motifs is 1. The lowest BCUT2D eigenvalue weighted by Crippen LogP contribution is -2.46. The average molecular weight is 451 g/mol. The van der Waals surface area contributed by atoms with Gasteiger partial charge < -0.3 is 4.90 Å². The molecule has 27 heavy (non-hydrogen) atoms. The molecule has 0 aromatic carbocycles. The number of hydrogen-bond acceptors (Lipinski definition) is 4. The quantitative estimate of drug-likeness (QED) is 0.639. The maximum absolute atomic E-state index is 13.0. The molecule has 4 rings (SSSR count). The van der Waals surface area contributed by atoms with E-state index in [1.165, 1.54) is 51.3 Å². The van der Waals surface area contributed by atoms with Gasteiger partial charge in [0.1, 0.15) is 8.55 Å². The number of hydrogen-bond donors (Lipinski definition) is 0. The molecule has 2 unspecified atom stereocenters. The summed E-state index contributed by atoms with van der Waals surface area (Å²) in [6.07, 6.45) is 9.86. The van der Waals surface area contributed by atoms with Crippen LogP contribution in [0.2, 0.25) is 9.36 Å². The second-order valence-electron chi connectivity index (χ2n) is 8.42. The van der Waals surface area contributed by atoms with Crippen LogP contribution in [0.1, 0.15) is 51.4 Å². The van der Waals surface area contributed by atoms with E-state index in [9.17, 15) is 8.42 Å². The Balaban J connectivity index is 1.40. The predicted octanol–water partition coefficient (Wildman–Crippen LogP) is 5.11. The monoisotopic (exact) mass is 450 g/mol. The average Bonchev–Trinajstić information content (AvgIpc) is 3.28. The molecule has 3 aliphatic rings. The number of rotatable bonds is 4. The molecule has 0 spiro atoms. The zero-order chi connectivity index (χ0) is 19.2. The summed E-state index contributed by atoms with van der Waals surface area (Å²) in [7, 11) is -1.83. The van der Waals surface area contributed by atoms with Gasteiger partial charge in [0.2, 0.25) is 0 Å². The van der Waals surface area contributed by atoms with Crippen LogP contribution in [0.4, 0.5) is 0 Å². The van der Waals surface area contributed by atoms with Crippen LogP contribution in [0.25, 0.3) is 0 Å². The first-order chi connectivity index (χ1) is 12.9. The van der Waals surface area contributed by atoms with Gasteiger partial charge in [0.05, 0.1) is 5.02 Å². The van der Waals surface area contributed by atoms with Crippen molar-refractivity contribution in [3.8, 4) is 0 Å².